The molecule has 4 rings (SSSR count). The van der Waals surface area contributed by atoms with Gasteiger partial charge in [-0.05, 0) is 62.1 Å². The highest BCUT2D eigenvalue weighted by molar-refractivity contribution is 7.91. The molecule has 170 valence electrons. The number of halogens is 1. The second kappa shape index (κ2) is 9.87. The number of nitrogens with zero attached hydrogens (tertiary/aromatic N) is 2. The Kier molecular flexibility index (Phi) is 7.14. The highest BCUT2D eigenvalue weighted by Gasteiger charge is 2.26. The lowest BCUT2D eigenvalue weighted by molar-refractivity contribution is -0.119. The average molecular weight is 493 g/mol. The van der Waals surface area contributed by atoms with Crippen LogP contribution in [0.15, 0.2) is 47.4 Å². The zero-order valence-corrected chi connectivity index (χ0v) is 20.2. The molecule has 1 amide bonds. The number of sulfone groups is 1. The molecule has 9 heteroatoms. The van der Waals surface area contributed by atoms with Crippen molar-refractivity contribution in [3.63, 3.8) is 0 Å². The Morgan fingerprint density at radius 1 is 1.25 bits per heavy atom. The Bertz CT molecular complexity index is 1200. The van der Waals surface area contributed by atoms with Crippen molar-refractivity contribution >= 4 is 54.0 Å². The van der Waals surface area contributed by atoms with E-state index in [0.717, 1.165) is 28.6 Å². The van der Waals surface area contributed by atoms with Crippen LogP contribution in [-0.2, 0) is 19.4 Å². The van der Waals surface area contributed by atoms with Crippen LogP contribution in [0.4, 0.5) is 5.13 Å². The fourth-order valence-corrected chi connectivity index (χ4v) is 6.28. The van der Waals surface area contributed by atoms with Crippen LogP contribution < -0.4 is 4.90 Å². The minimum Gasteiger partial charge on any atom is -0.376 e. The van der Waals surface area contributed by atoms with E-state index in [-0.39, 0.29) is 35.5 Å². The van der Waals surface area contributed by atoms with Gasteiger partial charge < -0.3 is 4.74 Å². The lowest BCUT2D eigenvalue weighted by atomic mass is 10.2. The van der Waals surface area contributed by atoms with Gasteiger partial charge in [-0.1, -0.05) is 35.1 Å². The van der Waals surface area contributed by atoms with Crippen LogP contribution in [0.1, 0.15) is 31.2 Å². The molecule has 0 aliphatic carbocycles. The zero-order valence-electron chi connectivity index (χ0n) is 17.8. The second-order valence-electron chi connectivity index (χ2n) is 7.93. The number of thiazole rings is 1. The quantitative estimate of drug-likeness (QED) is 0.441. The Morgan fingerprint density at radius 3 is 2.72 bits per heavy atom. The molecule has 2 aromatic carbocycles. The lowest BCUT2D eigenvalue weighted by Gasteiger charge is -2.23. The maximum absolute atomic E-state index is 13.2. The number of para-hydroxylation sites is 1. The van der Waals surface area contributed by atoms with Crippen LogP contribution in [0.5, 0.6) is 0 Å². The molecule has 1 aromatic heterocycles. The van der Waals surface area contributed by atoms with E-state index in [1.54, 1.807) is 17.0 Å². The molecule has 6 nitrogen and oxygen atoms in total. The van der Waals surface area contributed by atoms with Gasteiger partial charge in [0.05, 0.1) is 33.5 Å². The summed E-state index contributed by atoms with van der Waals surface area (Å²) in [4.78, 5) is 19.8. The van der Waals surface area contributed by atoms with Crippen LogP contribution >= 0.6 is 22.9 Å². The number of hydrogen-bond donors (Lipinski definition) is 0. The van der Waals surface area contributed by atoms with E-state index in [9.17, 15) is 13.2 Å². The first kappa shape index (κ1) is 23.2. The number of rotatable bonds is 8. The van der Waals surface area contributed by atoms with Crippen LogP contribution in [0.25, 0.3) is 10.2 Å². The van der Waals surface area contributed by atoms with E-state index in [1.165, 1.54) is 23.5 Å². The summed E-state index contributed by atoms with van der Waals surface area (Å²) in [6.45, 7) is 3.13. The van der Waals surface area contributed by atoms with Gasteiger partial charge in [0.1, 0.15) is 0 Å². The van der Waals surface area contributed by atoms with Gasteiger partial charge in [0.2, 0.25) is 5.91 Å². The fraction of sp³-hybridized carbons (Fsp3) is 0.391. The van der Waals surface area contributed by atoms with E-state index in [2.05, 4.69) is 0 Å². The fourth-order valence-electron chi connectivity index (χ4n) is 3.78. The monoisotopic (exact) mass is 492 g/mol. The number of aryl methyl sites for hydroxylation is 1. The number of fused-ring (bicyclic) bond motifs is 1. The summed E-state index contributed by atoms with van der Waals surface area (Å²) in [5, 5.41) is 1.12. The van der Waals surface area contributed by atoms with Gasteiger partial charge in [-0.25, -0.2) is 13.4 Å². The van der Waals surface area contributed by atoms with Crippen molar-refractivity contribution < 1.29 is 17.9 Å². The predicted octanol–water partition coefficient (Wildman–Crippen LogP) is 5.02. The van der Waals surface area contributed by atoms with E-state index >= 15 is 0 Å². The summed E-state index contributed by atoms with van der Waals surface area (Å²) in [6, 6.07) is 12.1. The summed E-state index contributed by atoms with van der Waals surface area (Å²) in [7, 11) is -3.48. The third-order valence-corrected chi connectivity index (χ3v) is 8.64. The topological polar surface area (TPSA) is 76.6 Å². The minimum absolute atomic E-state index is 0.0233. The van der Waals surface area contributed by atoms with E-state index in [4.69, 9.17) is 21.3 Å². The highest BCUT2D eigenvalue weighted by Crippen LogP contribution is 2.32. The van der Waals surface area contributed by atoms with Gasteiger partial charge in [-0.15, -0.1) is 0 Å². The van der Waals surface area contributed by atoms with Gasteiger partial charge in [0.15, 0.2) is 15.0 Å². The molecule has 1 atom stereocenters. The molecule has 1 unspecified atom stereocenters. The number of amides is 1. The van der Waals surface area contributed by atoms with Crippen molar-refractivity contribution in [1.29, 1.82) is 0 Å². The normalized spacial score (nSPS) is 16.5. The Labute approximate surface area is 197 Å². The molecule has 32 heavy (non-hydrogen) atoms. The standard InChI is InChI=1S/C23H25ClN2O4S2/c1-16-5-2-7-20-22(16)25-23(31-20)26(15-18-6-3-13-30-18)21(27)8-4-14-32(28,29)19-11-9-17(24)10-12-19/h2,5,7,9-12,18H,3-4,6,8,13-15H2,1H3. The number of ether oxygens (including phenoxy) is 1. The average Bonchev–Trinajstić information content (AvgIpc) is 3.42. The molecule has 0 saturated carbocycles. The number of carbonyl (C=O) groups is 1. The highest BCUT2D eigenvalue weighted by atomic mass is 35.5. The predicted molar refractivity (Wildman–Crippen MR) is 128 cm³/mol. The van der Waals surface area contributed by atoms with Crippen molar-refractivity contribution in [3.05, 3.63) is 53.1 Å². The van der Waals surface area contributed by atoms with E-state index in [1.807, 2.05) is 25.1 Å². The van der Waals surface area contributed by atoms with E-state index < -0.39 is 9.84 Å². The number of benzene rings is 2. The van der Waals surface area contributed by atoms with Gasteiger partial charge in [-0.3, -0.25) is 9.69 Å². The Morgan fingerprint density at radius 2 is 2.03 bits per heavy atom. The molecule has 0 bridgehead atoms. The molecule has 1 aliphatic heterocycles. The van der Waals surface area contributed by atoms with Crippen molar-refractivity contribution in [2.45, 2.75) is 43.6 Å². The Hall–Kier alpha value is -2.00. The van der Waals surface area contributed by atoms with Crippen LogP contribution in [-0.4, -0.2) is 44.3 Å². The van der Waals surface area contributed by atoms with Crippen LogP contribution in [0, 0.1) is 6.92 Å². The van der Waals surface area contributed by atoms with Crippen LogP contribution in [0.2, 0.25) is 5.02 Å². The maximum atomic E-state index is 13.2. The number of carbonyl (C=O) groups excluding carboxylic acids is 1. The number of hydrogen-bond acceptors (Lipinski definition) is 6. The molecule has 2 heterocycles. The van der Waals surface area contributed by atoms with Gasteiger partial charge in [0.25, 0.3) is 0 Å². The van der Waals surface area contributed by atoms with Gasteiger partial charge in [-0.2, -0.15) is 0 Å². The largest absolute Gasteiger partial charge is 0.376 e. The molecule has 3 aromatic rings. The molecule has 1 fully saturated rings. The third-order valence-electron chi connectivity index (χ3n) is 5.53. The first-order valence-electron chi connectivity index (χ1n) is 10.6. The molecule has 1 aliphatic rings. The lowest BCUT2D eigenvalue weighted by Crippen LogP contribution is -2.37. The van der Waals surface area contributed by atoms with Crippen molar-refractivity contribution in [3.8, 4) is 0 Å². The zero-order chi connectivity index (χ0) is 22.7. The molecule has 0 radical (unpaired) electrons. The summed E-state index contributed by atoms with van der Waals surface area (Å²) < 4.78 is 32.0. The van der Waals surface area contributed by atoms with Crippen molar-refractivity contribution in [2.24, 2.45) is 0 Å². The van der Waals surface area contributed by atoms with Crippen LogP contribution in [0.3, 0.4) is 0 Å². The number of anilines is 1. The summed E-state index contributed by atoms with van der Waals surface area (Å²) in [5.74, 6) is -0.240. The van der Waals surface area contributed by atoms with E-state index in [0.29, 0.717) is 23.3 Å². The molecular weight excluding hydrogens is 468 g/mol. The molecule has 0 spiro atoms. The summed E-state index contributed by atoms with van der Waals surface area (Å²) in [6.07, 6.45) is 2.21. The number of aromatic nitrogens is 1. The minimum atomic E-state index is -3.48. The van der Waals surface area contributed by atoms with Crippen molar-refractivity contribution in [2.75, 3.05) is 23.8 Å². The Balaban J connectivity index is 1.48. The van der Waals surface area contributed by atoms with Gasteiger partial charge >= 0.3 is 0 Å². The third kappa shape index (κ3) is 5.31. The first-order valence-corrected chi connectivity index (χ1v) is 13.4. The SMILES string of the molecule is Cc1cccc2sc(N(CC3CCCO3)C(=O)CCCS(=O)(=O)c3ccc(Cl)cc3)nc12. The molecule has 0 N–H and O–H groups in total. The second-order valence-corrected chi connectivity index (χ2v) is 11.5. The maximum Gasteiger partial charge on any atom is 0.228 e. The first-order chi connectivity index (χ1) is 15.3. The van der Waals surface area contributed by atoms with Crippen molar-refractivity contribution in [1.82, 2.24) is 4.98 Å². The smallest absolute Gasteiger partial charge is 0.228 e. The molecule has 1 saturated heterocycles. The van der Waals surface area contributed by atoms with Gasteiger partial charge in [0, 0.05) is 18.1 Å². The summed E-state index contributed by atoms with van der Waals surface area (Å²) in [5.41, 5.74) is 1.95. The summed E-state index contributed by atoms with van der Waals surface area (Å²) >= 11 is 7.33. The molecular formula is C23H25ClN2O4S2.